The van der Waals surface area contributed by atoms with Crippen LogP contribution in [0.2, 0.25) is 0 Å². The van der Waals surface area contributed by atoms with Crippen molar-refractivity contribution in [3.8, 4) is 0 Å². The van der Waals surface area contributed by atoms with E-state index >= 15 is 0 Å². The topological polar surface area (TPSA) is 0 Å². The molecule has 0 aromatic carbocycles. The molecule has 0 saturated heterocycles. The Morgan fingerprint density at radius 3 is 1.35 bits per heavy atom. The predicted octanol–water partition coefficient (Wildman–Crippen LogP) is 5.30. The minimum absolute atomic E-state index is 0.204. The average molecular weight is 319 g/mol. The molecule has 0 bridgehead atoms. The van der Waals surface area contributed by atoms with Crippen LogP contribution in [0.4, 0.5) is 0 Å². The van der Waals surface area contributed by atoms with Crippen LogP contribution in [0.1, 0.15) is 41.5 Å². The normalized spacial score (nSPS) is 15.1. The molecule has 0 aliphatic carbocycles. The van der Waals surface area contributed by atoms with Crippen molar-refractivity contribution in [2.75, 3.05) is 0 Å². The van der Waals surface area contributed by atoms with Gasteiger partial charge in [0, 0.05) is 0 Å². The van der Waals surface area contributed by atoms with E-state index < -0.39 is 0 Å². The molecule has 0 rings (SSSR count). The van der Waals surface area contributed by atoms with Crippen molar-refractivity contribution >= 4 is 0 Å². The Balaban J connectivity index is 4.93. The number of hydrogen-bond acceptors (Lipinski definition) is 0. The fourth-order valence-electron chi connectivity index (χ4n) is 1.14. The first kappa shape index (κ1) is 16.6. The Morgan fingerprint density at radius 1 is 0.765 bits per heavy atom. The zero-order valence-electron chi connectivity index (χ0n) is 12.0. The molecule has 0 heterocycles. The summed E-state index contributed by atoms with van der Waals surface area (Å²) in [7, 11) is 0. The van der Waals surface area contributed by atoms with Crippen molar-refractivity contribution in [1.82, 2.24) is 0 Å². The molecule has 1 heteroatoms. The number of rotatable bonds is 6. The maximum atomic E-state index is 2.30. The van der Waals surface area contributed by atoms with Crippen molar-refractivity contribution in [3.63, 3.8) is 0 Å². The summed E-state index contributed by atoms with van der Waals surface area (Å²) in [5.74, 6) is 1.30. The molecular weight excluding hydrogens is 293 g/mol. The second kappa shape index (κ2) is 9.60. The fourth-order valence-corrected chi connectivity index (χ4v) is 3.34. The molecule has 98 valence electrons. The number of hydrogen-bond donors (Lipinski definition) is 0. The molecule has 0 aromatic rings. The summed E-state index contributed by atoms with van der Waals surface area (Å²) in [5.41, 5.74) is 0. The van der Waals surface area contributed by atoms with Gasteiger partial charge in [-0.1, -0.05) is 0 Å². The second-order valence-corrected chi connectivity index (χ2v) is 6.97. The van der Waals surface area contributed by atoms with Gasteiger partial charge in [-0.2, -0.15) is 0 Å². The van der Waals surface area contributed by atoms with Gasteiger partial charge in [0.25, 0.3) is 0 Å². The van der Waals surface area contributed by atoms with Crippen LogP contribution >= 0.6 is 0 Å². The third kappa shape index (κ3) is 7.50. The molecule has 0 radical (unpaired) electrons. The van der Waals surface area contributed by atoms with Crippen LogP contribution < -0.4 is 0 Å². The molecule has 0 atom stereocenters. The third-order valence-electron chi connectivity index (χ3n) is 2.17. The summed E-state index contributed by atoms with van der Waals surface area (Å²) < 4.78 is 3.19. The van der Waals surface area contributed by atoms with Crippen molar-refractivity contribution in [2.45, 2.75) is 41.5 Å². The van der Waals surface area contributed by atoms with Gasteiger partial charge in [-0.15, -0.1) is 0 Å². The molecule has 0 unspecified atom stereocenters. The van der Waals surface area contributed by atoms with E-state index in [0.717, 1.165) is 0 Å². The molecule has 0 N–H and O–H groups in total. The first-order valence-electron chi connectivity index (χ1n) is 6.31. The molecule has 0 nitrogen and oxygen atoms in total. The molecule has 17 heavy (non-hydrogen) atoms. The molecular formula is C16H26Ru. The summed E-state index contributed by atoms with van der Waals surface area (Å²) >= 11 is 0.204. The Bertz CT molecular complexity index is 282. The van der Waals surface area contributed by atoms with Crippen molar-refractivity contribution in [3.05, 3.63) is 44.8 Å². The van der Waals surface area contributed by atoms with Crippen molar-refractivity contribution < 1.29 is 17.1 Å². The van der Waals surface area contributed by atoms with Gasteiger partial charge < -0.3 is 0 Å². The number of allylic oxidation sites excluding steroid dienone is 8. The molecule has 0 aliphatic heterocycles. The molecule has 0 amide bonds. The van der Waals surface area contributed by atoms with Gasteiger partial charge in [-0.3, -0.25) is 0 Å². The summed E-state index contributed by atoms with van der Waals surface area (Å²) in [4.78, 5) is 0. The van der Waals surface area contributed by atoms with Gasteiger partial charge in [0.05, 0.1) is 0 Å². The van der Waals surface area contributed by atoms with Crippen LogP contribution in [0.15, 0.2) is 44.8 Å². The summed E-state index contributed by atoms with van der Waals surface area (Å²) in [5, 5.41) is 0. The van der Waals surface area contributed by atoms with Crippen molar-refractivity contribution in [1.29, 1.82) is 0 Å². The zero-order valence-corrected chi connectivity index (χ0v) is 13.7. The van der Waals surface area contributed by atoms with Gasteiger partial charge >= 0.3 is 115 Å². The van der Waals surface area contributed by atoms with E-state index in [-0.39, 0.29) is 17.1 Å². The van der Waals surface area contributed by atoms with Gasteiger partial charge in [-0.25, -0.2) is 0 Å². The van der Waals surface area contributed by atoms with E-state index in [4.69, 9.17) is 0 Å². The molecule has 0 saturated carbocycles. The van der Waals surface area contributed by atoms with E-state index in [2.05, 4.69) is 78.0 Å². The van der Waals surface area contributed by atoms with Crippen LogP contribution in [-0.4, -0.2) is 0 Å². The van der Waals surface area contributed by atoms with Crippen LogP contribution in [0.5, 0.6) is 0 Å². The van der Waals surface area contributed by atoms with Crippen LogP contribution in [-0.2, 0) is 17.1 Å². The molecule has 0 fully saturated rings. The van der Waals surface area contributed by atoms with E-state index in [9.17, 15) is 0 Å². The fraction of sp³-hybridized carbons (Fsp3) is 0.500. The summed E-state index contributed by atoms with van der Waals surface area (Å²) in [6.07, 6.45) is 13.1. The van der Waals surface area contributed by atoms with E-state index in [0.29, 0.717) is 11.8 Å². The predicted molar refractivity (Wildman–Crippen MR) is 75.5 cm³/mol. The van der Waals surface area contributed by atoms with Crippen molar-refractivity contribution in [2.24, 2.45) is 11.8 Å². The van der Waals surface area contributed by atoms with Gasteiger partial charge in [-0.05, 0) is 0 Å². The Kier molecular flexibility index (Phi) is 9.36. The van der Waals surface area contributed by atoms with E-state index in [1.807, 2.05) is 0 Å². The molecule has 0 aromatic heterocycles. The van der Waals surface area contributed by atoms with Gasteiger partial charge in [0.1, 0.15) is 0 Å². The Morgan fingerprint density at radius 2 is 1.12 bits per heavy atom. The average Bonchev–Trinajstić information content (AvgIpc) is 2.27. The molecule has 0 spiro atoms. The Hall–Kier alpha value is -0.417. The zero-order chi connectivity index (χ0) is 13.3. The third-order valence-corrected chi connectivity index (χ3v) is 5.76. The van der Waals surface area contributed by atoms with E-state index in [1.165, 1.54) is 0 Å². The van der Waals surface area contributed by atoms with Gasteiger partial charge in [0.2, 0.25) is 0 Å². The summed E-state index contributed by atoms with van der Waals surface area (Å²) in [6, 6.07) is 0. The quantitative estimate of drug-likeness (QED) is 0.460. The van der Waals surface area contributed by atoms with Gasteiger partial charge in [0.15, 0.2) is 0 Å². The SMILES string of the molecule is C/C=C/C=[C](/[Ru]/[C](=C/C=C/C)C(C)C)C(C)C. The van der Waals surface area contributed by atoms with Crippen LogP contribution in [0.25, 0.3) is 0 Å². The first-order valence-corrected chi connectivity index (χ1v) is 8.04. The Labute approximate surface area is 115 Å². The van der Waals surface area contributed by atoms with Crippen LogP contribution in [0, 0.1) is 11.8 Å². The van der Waals surface area contributed by atoms with E-state index in [1.54, 1.807) is 8.33 Å². The summed E-state index contributed by atoms with van der Waals surface area (Å²) in [6.45, 7) is 13.3. The maximum absolute atomic E-state index is 2.30. The minimum atomic E-state index is 0.204. The molecule has 0 aliphatic rings. The standard InChI is InChI=1S/2C8H13.Ru/c2*1-4-5-6-7-8(2)3;/h2*4-6,8H,1-3H3;/b2*5-4+,7-6?;. The monoisotopic (exact) mass is 320 g/mol. The first-order chi connectivity index (χ1) is 8.02. The van der Waals surface area contributed by atoms with Crippen LogP contribution in [0.3, 0.4) is 0 Å². The second-order valence-electron chi connectivity index (χ2n) is 4.52.